The maximum Gasteiger partial charge on any atom is 0.224 e. The zero-order chi connectivity index (χ0) is 18.5. The fourth-order valence-corrected chi connectivity index (χ4v) is 3.84. The molecule has 1 amide bonds. The van der Waals surface area contributed by atoms with E-state index in [1.165, 1.54) is 5.56 Å². The van der Waals surface area contributed by atoms with Crippen LogP contribution in [0.2, 0.25) is 0 Å². The van der Waals surface area contributed by atoms with Gasteiger partial charge in [0.2, 0.25) is 5.91 Å². The van der Waals surface area contributed by atoms with Crippen LogP contribution in [0.4, 0.5) is 0 Å². The molecule has 0 aliphatic carbocycles. The summed E-state index contributed by atoms with van der Waals surface area (Å²) in [7, 11) is 0. The minimum atomic E-state index is 0.0521. The molecule has 2 heterocycles. The molecule has 5 heteroatoms. The monoisotopic (exact) mass is 366 g/mol. The summed E-state index contributed by atoms with van der Waals surface area (Å²) in [5, 5.41) is 3.17. The van der Waals surface area contributed by atoms with Crippen LogP contribution in [0.3, 0.4) is 0 Å². The first-order valence-corrected chi connectivity index (χ1v) is 9.63. The summed E-state index contributed by atoms with van der Waals surface area (Å²) in [5.41, 5.74) is 3.37. The van der Waals surface area contributed by atoms with Crippen LogP contribution in [0.1, 0.15) is 5.56 Å². The van der Waals surface area contributed by atoms with Gasteiger partial charge in [0, 0.05) is 13.1 Å². The van der Waals surface area contributed by atoms with Gasteiger partial charge in [-0.25, -0.2) is 0 Å². The number of rotatable bonds is 5. The highest BCUT2D eigenvalue weighted by Gasteiger charge is 2.34. The highest BCUT2D eigenvalue weighted by molar-refractivity contribution is 5.79. The highest BCUT2D eigenvalue weighted by Crippen LogP contribution is 2.20. The molecule has 2 fully saturated rings. The van der Waals surface area contributed by atoms with Crippen molar-refractivity contribution in [1.29, 1.82) is 0 Å². The molecule has 0 spiro atoms. The maximum atomic E-state index is 12.5. The van der Waals surface area contributed by atoms with E-state index in [1.54, 1.807) is 0 Å². The van der Waals surface area contributed by atoms with Gasteiger partial charge < -0.3 is 14.8 Å². The number of hydrogen-bond acceptors (Lipinski definition) is 4. The lowest BCUT2D eigenvalue weighted by molar-refractivity contribution is -0.121. The molecule has 2 saturated heterocycles. The third-order valence-electron chi connectivity index (χ3n) is 5.34. The SMILES string of the molecule is O=C(Cc1ccc(-c2ccccc2)cc1)N[C@@H]1COC[C@H]1N1CCOCC1. The predicted molar refractivity (Wildman–Crippen MR) is 105 cm³/mol. The lowest BCUT2D eigenvalue weighted by Gasteiger charge is -2.34. The molecular formula is C22H26N2O3. The molecule has 4 rings (SSSR count). The number of amides is 1. The summed E-state index contributed by atoms with van der Waals surface area (Å²) in [6.45, 7) is 4.58. The molecule has 0 saturated carbocycles. The Morgan fingerprint density at radius 3 is 2.37 bits per heavy atom. The largest absolute Gasteiger partial charge is 0.379 e. The van der Waals surface area contributed by atoms with Crippen molar-refractivity contribution in [3.63, 3.8) is 0 Å². The van der Waals surface area contributed by atoms with Crippen LogP contribution in [-0.2, 0) is 20.7 Å². The minimum Gasteiger partial charge on any atom is -0.379 e. The van der Waals surface area contributed by atoms with E-state index in [9.17, 15) is 4.79 Å². The van der Waals surface area contributed by atoms with Crippen molar-refractivity contribution in [2.75, 3.05) is 39.5 Å². The minimum absolute atomic E-state index is 0.0521. The molecule has 2 aromatic carbocycles. The lowest BCUT2D eigenvalue weighted by Crippen LogP contribution is -2.54. The number of nitrogens with one attached hydrogen (secondary N) is 1. The van der Waals surface area contributed by atoms with E-state index < -0.39 is 0 Å². The van der Waals surface area contributed by atoms with E-state index >= 15 is 0 Å². The molecular weight excluding hydrogens is 340 g/mol. The Morgan fingerprint density at radius 2 is 1.63 bits per heavy atom. The van der Waals surface area contributed by atoms with E-state index in [-0.39, 0.29) is 18.0 Å². The molecule has 2 aliphatic rings. The summed E-state index contributed by atoms with van der Waals surface area (Å²) in [4.78, 5) is 14.9. The number of nitrogens with zero attached hydrogens (tertiary/aromatic N) is 1. The number of carbonyl (C=O) groups is 1. The molecule has 0 bridgehead atoms. The van der Waals surface area contributed by atoms with E-state index in [1.807, 2.05) is 30.3 Å². The van der Waals surface area contributed by atoms with E-state index in [0.29, 0.717) is 19.6 Å². The van der Waals surface area contributed by atoms with Gasteiger partial charge in [-0.1, -0.05) is 54.6 Å². The molecule has 5 nitrogen and oxygen atoms in total. The Labute approximate surface area is 160 Å². The Kier molecular flexibility index (Phi) is 5.82. The molecule has 0 aromatic heterocycles. The van der Waals surface area contributed by atoms with Crippen LogP contribution in [0, 0.1) is 0 Å². The molecule has 142 valence electrons. The van der Waals surface area contributed by atoms with Crippen LogP contribution >= 0.6 is 0 Å². The van der Waals surface area contributed by atoms with Crippen molar-refractivity contribution in [1.82, 2.24) is 10.2 Å². The summed E-state index contributed by atoms with van der Waals surface area (Å²) < 4.78 is 11.1. The molecule has 2 aromatic rings. The molecule has 1 N–H and O–H groups in total. The number of ether oxygens (including phenoxy) is 2. The lowest BCUT2D eigenvalue weighted by atomic mass is 10.0. The number of benzene rings is 2. The van der Waals surface area contributed by atoms with Gasteiger partial charge in [-0.2, -0.15) is 0 Å². The fraction of sp³-hybridized carbons (Fsp3) is 0.409. The summed E-state index contributed by atoms with van der Waals surface area (Å²) in [6, 6.07) is 18.8. The van der Waals surface area contributed by atoms with Crippen molar-refractivity contribution < 1.29 is 14.3 Å². The Bertz CT molecular complexity index is 742. The second-order valence-corrected chi connectivity index (χ2v) is 7.17. The molecule has 0 unspecified atom stereocenters. The topological polar surface area (TPSA) is 50.8 Å². The Balaban J connectivity index is 1.33. The van der Waals surface area contributed by atoms with Gasteiger partial charge in [-0.3, -0.25) is 9.69 Å². The van der Waals surface area contributed by atoms with Crippen LogP contribution < -0.4 is 5.32 Å². The van der Waals surface area contributed by atoms with Gasteiger partial charge in [0.25, 0.3) is 0 Å². The fourth-order valence-electron chi connectivity index (χ4n) is 3.84. The Morgan fingerprint density at radius 1 is 0.926 bits per heavy atom. The van der Waals surface area contributed by atoms with Crippen molar-refractivity contribution >= 4 is 5.91 Å². The van der Waals surface area contributed by atoms with Crippen molar-refractivity contribution in [3.8, 4) is 11.1 Å². The van der Waals surface area contributed by atoms with E-state index in [2.05, 4.69) is 34.5 Å². The van der Waals surface area contributed by atoms with Crippen LogP contribution in [0.15, 0.2) is 54.6 Å². The van der Waals surface area contributed by atoms with Gasteiger partial charge in [0.05, 0.1) is 44.9 Å². The summed E-state index contributed by atoms with van der Waals surface area (Å²) >= 11 is 0. The van der Waals surface area contributed by atoms with Crippen molar-refractivity contribution in [3.05, 3.63) is 60.2 Å². The first kappa shape index (κ1) is 18.2. The second kappa shape index (κ2) is 8.65. The predicted octanol–water partition coefficient (Wildman–Crippen LogP) is 2.11. The van der Waals surface area contributed by atoms with Gasteiger partial charge in [-0.15, -0.1) is 0 Å². The number of carbonyl (C=O) groups excluding carboxylic acids is 1. The zero-order valence-electron chi connectivity index (χ0n) is 15.5. The van der Waals surface area contributed by atoms with Crippen molar-refractivity contribution in [2.24, 2.45) is 0 Å². The smallest absolute Gasteiger partial charge is 0.224 e. The molecule has 0 radical (unpaired) electrons. The van der Waals surface area contributed by atoms with Gasteiger partial charge >= 0.3 is 0 Å². The average molecular weight is 366 g/mol. The molecule has 2 aliphatic heterocycles. The summed E-state index contributed by atoms with van der Waals surface area (Å²) in [6.07, 6.45) is 0.390. The van der Waals surface area contributed by atoms with E-state index in [0.717, 1.165) is 37.4 Å². The van der Waals surface area contributed by atoms with Gasteiger partial charge in [0.15, 0.2) is 0 Å². The molecule has 2 atom stereocenters. The zero-order valence-corrected chi connectivity index (χ0v) is 15.5. The van der Waals surface area contributed by atoms with Crippen LogP contribution in [-0.4, -0.2) is 62.4 Å². The first-order valence-electron chi connectivity index (χ1n) is 9.63. The van der Waals surface area contributed by atoms with Gasteiger partial charge in [-0.05, 0) is 16.7 Å². The van der Waals surface area contributed by atoms with E-state index in [4.69, 9.17) is 9.47 Å². The van der Waals surface area contributed by atoms with Gasteiger partial charge in [0.1, 0.15) is 0 Å². The number of hydrogen-bond donors (Lipinski definition) is 1. The van der Waals surface area contributed by atoms with Crippen molar-refractivity contribution in [2.45, 2.75) is 18.5 Å². The van der Waals surface area contributed by atoms with Crippen LogP contribution in [0.5, 0.6) is 0 Å². The third-order valence-corrected chi connectivity index (χ3v) is 5.34. The molecule has 27 heavy (non-hydrogen) atoms. The average Bonchev–Trinajstić information content (AvgIpc) is 3.18. The quantitative estimate of drug-likeness (QED) is 0.881. The normalized spacial score (nSPS) is 23.3. The maximum absolute atomic E-state index is 12.5. The first-order chi connectivity index (χ1) is 13.3. The third kappa shape index (κ3) is 4.56. The standard InChI is InChI=1S/C22H26N2O3/c25-22(23-20-15-27-16-21(20)24-10-12-26-13-11-24)14-17-6-8-19(9-7-17)18-4-2-1-3-5-18/h1-9,20-21H,10-16H2,(H,23,25)/t20-,21-/m1/s1. The van der Waals surface area contributed by atoms with Crippen LogP contribution in [0.25, 0.3) is 11.1 Å². The second-order valence-electron chi connectivity index (χ2n) is 7.17. The Hall–Kier alpha value is -2.21. The summed E-state index contributed by atoms with van der Waals surface area (Å²) in [5.74, 6) is 0.0521. The highest BCUT2D eigenvalue weighted by atomic mass is 16.5. The number of morpholine rings is 1.